The van der Waals surface area contributed by atoms with Crippen LogP contribution >= 0.6 is 11.8 Å². The van der Waals surface area contributed by atoms with Crippen LogP contribution in [-0.2, 0) is 15.3 Å². The van der Waals surface area contributed by atoms with E-state index in [1.807, 2.05) is 24.3 Å². The Morgan fingerprint density at radius 3 is 2.50 bits per heavy atom. The van der Waals surface area contributed by atoms with Crippen molar-refractivity contribution >= 4 is 28.9 Å². The molecule has 2 rings (SSSR count). The molecule has 1 aromatic carbocycles. The van der Waals surface area contributed by atoms with E-state index in [2.05, 4.69) is 6.58 Å². The lowest BCUT2D eigenvalue weighted by atomic mass is 10.0. The minimum absolute atomic E-state index is 0.105. The number of carbonyl (C=O) groups excluding carboxylic acids is 1. The van der Waals surface area contributed by atoms with Crippen LogP contribution in [0.1, 0.15) is 18.1 Å². The molecular formula is C13H16O4S. The van der Waals surface area contributed by atoms with Crippen LogP contribution in [0.15, 0.2) is 30.8 Å². The fraction of sp³-hybridized carbons (Fsp3) is 0.231. The molecule has 0 saturated carbocycles. The van der Waals surface area contributed by atoms with Crippen LogP contribution in [0.4, 0.5) is 0 Å². The van der Waals surface area contributed by atoms with Gasteiger partial charge in [0.1, 0.15) is 0 Å². The molecule has 0 saturated heterocycles. The topological polar surface area (TPSA) is 74.6 Å². The summed E-state index contributed by atoms with van der Waals surface area (Å²) in [6.07, 6.45) is 0. The van der Waals surface area contributed by atoms with Gasteiger partial charge >= 0.3 is 0 Å². The van der Waals surface area contributed by atoms with Gasteiger partial charge in [0.15, 0.2) is 0 Å². The van der Waals surface area contributed by atoms with E-state index < -0.39 is 0 Å². The Hall–Kier alpha value is -1.59. The predicted molar refractivity (Wildman–Crippen MR) is 73.2 cm³/mol. The van der Waals surface area contributed by atoms with Crippen molar-refractivity contribution in [2.45, 2.75) is 12.7 Å². The smallest absolute Gasteiger partial charge is 0.290 e. The van der Waals surface area contributed by atoms with Gasteiger partial charge in [0, 0.05) is 17.9 Å². The van der Waals surface area contributed by atoms with Crippen LogP contribution in [0.2, 0.25) is 0 Å². The molecule has 0 unspecified atom stereocenters. The van der Waals surface area contributed by atoms with E-state index >= 15 is 0 Å². The normalized spacial score (nSPS) is 12.3. The van der Waals surface area contributed by atoms with Gasteiger partial charge in [-0.25, -0.2) is 0 Å². The number of rotatable bonds is 0. The third-order valence-electron chi connectivity index (χ3n) is 1.95. The summed E-state index contributed by atoms with van der Waals surface area (Å²) in [5, 5.41) is 14.6. The molecule has 0 radical (unpaired) electrons. The summed E-state index contributed by atoms with van der Waals surface area (Å²) in [7, 11) is 0. The quantitative estimate of drug-likeness (QED) is 0.557. The molecule has 4 nitrogen and oxygen atoms in total. The number of fused-ring (bicyclic) bond motifs is 1. The second-order valence-corrected chi connectivity index (χ2v) is 4.08. The predicted octanol–water partition coefficient (Wildman–Crippen LogP) is 2.17. The van der Waals surface area contributed by atoms with Crippen LogP contribution in [0.25, 0.3) is 5.57 Å². The maximum Gasteiger partial charge on any atom is 0.290 e. The van der Waals surface area contributed by atoms with Crippen LogP contribution in [-0.4, -0.2) is 28.4 Å². The highest BCUT2D eigenvalue weighted by Gasteiger charge is 2.18. The molecule has 1 aliphatic rings. The first-order valence-electron chi connectivity index (χ1n) is 5.25. The number of thioether (sulfide) groups is 1. The number of hydrogen-bond acceptors (Lipinski definition) is 4. The Labute approximate surface area is 110 Å². The SMILES string of the molecule is C=C1C(=O)SCc2ccccc21.CCO.O=CO. The van der Waals surface area contributed by atoms with Crippen LogP contribution in [0.3, 0.4) is 0 Å². The first-order valence-corrected chi connectivity index (χ1v) is 6.23. The van der Waals surface area contributed by atoms with Crippen molar-refractivity contribution in [3.8, 4) is 0 Å². The zero-order valence-electron chi connectivity index (χ0n) is 10.1. The molecule has 0 atom stereocenters. The molecule has 1 aromatic rings. The molecule has 98 valence electrons. The van der Waals surface area contributed by atoms with Crippen LogP contribution in [0.5, 0.6) is 0 Å². The van der Waals surface area contributed by atoms with Gasteiger partial charge < -0.3 is 10.2 Å². The van der Waals surface area contributed by atoms with E-state index in [9.17, 15) is 4.79 Å². The number of benzene rings is 1. The first-order chi connectivity index (χ1) is 8.62. The van der Waals surface area contributed by atoms with Crippen molar-refractivity contribution in [3.63, 3.8) is 0 Å². The summed E-state index contributed by atoms with van der Waals surface area (Å²) in [5.41, 5.74) is 2.87. The lowest BCUT2D eigenvalue weighted by Crippen LogP contribution is -2.05. The van der Waals surface area contributed by atoms with Gasteiger partial charge in [0.25, 0.3) is 6.47 Å². The standard InChI is InChI=1S/C10H8OS.C2H6O.CH2O2/c1-7-9-5-3-2-4-8(9)6-12-10(7)11;1-2-3;2-1-3/h2-5H,1,6H2;3H,2H2,1H3;1H,(H,2,3). The summed E-state index contributed by atoms with van der Waals surface area (Å²) in [5.74, 6) is 0.786. The molecule has 18 heavy (non-hydrogen) atoms. The van der Waals surface area contributed by atoms with Gasteiger partial charge in [-0.15, -0.1) is 0 Å². The van der Waals surface area contributed by atoms with E-state index in [-0.39, 0.29) is 18.2 Å². The molecule has 5 heteroatoms. The summed E-state index contributed by atoms with van der Waals surface area (Å²) in [4.78, 5) is 19.6. The second kappa shape index (κ2) is 9.44. The fourth-order valence-corrected chi connectivity index (χ4v) is 2.10. The molecule has 0 spiro atoms. The lowest BCUT2D eigenvalue weighted by molar-refractivity contribution is -0.122. The monoisotopic (exact) mass is 268 g/mol. The van der Waals surface area contributed by atoms with E-state index in [0.29, 0.717) is 5.57 Å². The maximum atomic E-state index is 11.2. The zero-order chi connectivity index (χ0) is 14.0. The van der Waals surface area contributed by atoms with E-state index in [1.54, 1.807) is 6.92 Å². The van der Waals surface area contributed by atoms with Gasteiger partial charge in [0.2, 0.25) is 5.12 Å². The highest BCUT2D eigenvalue weighted by molar-refractivity contribution is 8.14. The fourth-order valence-electron chi connectivity index (χ4n) is 1.28. The third-order valence-corrected chi connectivity index (χ3v) is 2.91. The van der Waals surface area contributed by atoms with Crippen LogP contribution in [0, 0.1) is 0 Å². The minimum atomic E-state index is -0.250. The minimum Gasteiger partial charge on any atom is -0.483 e. The van der Waals surface area contributed by atoms with Gasteiger partial charge in [-0.3, -0.25) is 9.59 Å². The molecule has 1 heterocycles. The summed E-state index contributed by atoms with van der Waals surface area (Å²) >= 11 is 1.33. The Kier molecular flexibility index (Phi) is 8.61. The number of aliphatic hydroxyl groups is 1. The first kappa shape index (κ1) is 16.4. The van der Waals surface area contributed by atoms with Crippen molar-refractivity contribution in [3.05, 3.63) is 42.0 Å². The van der Waals surface area contributed by atoms with Crippen molar-refractivity contribution in [1.82, 2.24) is 0 Å². The van der Waals surface area contributed by atoms with E-state index in [0.717, 1.165) is 11.3 Å². The van der Waals surface area contributed by atoms with Gasteiger partial charge in [-0.1, -0.05) is 42.6 Å². The molecular weight excluding hydrogens is 252 g/mol. The van der Waals surface area contributed by atoms with Crippen molar-refractivity contribution in [2.75, 3.05) is 6.61 Å². The zero-order valence-corrected chi connectivity index (χ0v) is 10.9. The summed E-state index contributed by atoms with van der Waals surface area (Å²) < 4.78 is 0. The highest BCUT2D eigenvalue weighted by atomic mass is 32.2. The van der Waals surface area contributed by atoms with Crippen molar-refractivity contribution < 1.29 is 19.8 Å². The van der Waals surface area contributed by atoms with E-state index in [1.165, 1.54) is 17.3 Å². The van der Waals surface area contributed by atoms with Crippen molar-refractivity contribution in [1.29, 1.82) is 0 Å². The number of carbonyl (C=O) groups is 2. The molecule has 0 amide bonds. The Balaban J connectivity index is 0.000000414. The Bertz CT molecular complexity index is 415. The lowest BCUT2D eigenvalue weighted by Gasteiger charge is -2.15. The molecule has 0 fully saturated rings. The third kappa shape index (κ3) is 5.16. The largest absolute Gasteiger partial charge is 0.483 e. The molecule has 2 N–H and O–H groups in total. The number of aliphatic hydroxyl groups excluding tert-OH is 1. The molecule has 0 bridgehead atoms. The second-order valence-electron chi connectivity index (χ2n) is 3.13. The molecule has 0 aromatic heterocycles. The number of carboxylic acid groups (broad SMARTS) is 1. The molecule has 1 aliphatic heterocycles. The van der Waals surface area contributed by atoms with E-state index in [4.69, 9.17) is 15.0 Å². The maximum absolute atomic E-state index is 11.2. The summed E-state index contributed by atoms with van der Waals surface area (Å²) in [6, 6.07) is 7.92. The average Bonchev–Trinajstić information content (AvgIpc) is 2.36. The Morgan fingerprint density at radius 1 is 1.44 bits per heavy atom. The number of hydrogen-bond donors (Lipinski definition) is 2. The van der Waals surface area contributed by atoms with Gasteiger partial charge in [-0.05, 0) is 18.1 Å². The van der Waals surface area contributed by atoms with Gasteiger partial charge in [-0.2, -0.15) is 0 Å². The molecule has 0 aliphatic carbocycles. The van der Waals surface area contributed by atoms with Gasteiger partial charge in [0.05, 0.1) is 0 Å². The van der Waals surface area contributed by atoms with Crippen molar-refractivity contribution in [2.24, 2.45) is 0 Å². The Morgan fingerprint density at radius 2 is 1.94 bits per heavy atom. The average molecular weight is 268 g/mol. The van der Waals surface area contributed by atoms with Crippen LogP contribution < -0.4 is 0 Å². The summed E-state index contributed by atoms with van der Waals surface area (Å²) in [6.45, 7) is 5.45. The highest BCUT2D eigenvalue weighted by Crippen LogP contribution is 2.32.